The summed E-state index contributed by atoms with van der Waals surface area (Å²) < 4.78 is 7.06. The first-order valence-corrected chi connectivity index (χ1v) is 6.68. The van der Waals surface area contributed by atoms with E-state index in [1.54, 1.807) is 10.8 Å². The van der Waals surface area contributed by atoms with Gasteiger partial charge in [-0.3, -0.25) is 0 Å². The number of nitrogens with zero attached hydrogens (tertiary/aromatic N) is 4. The van der Waals surface area contributed by atoms with Crippen molar-refractivity contribution in [3.8, 4) is 0 Å². The lowest BCUT2D eigenvalue weighted by Crippen LogP contribution is -2.18. The molecular formula is C14H17N5O. The van der Waals surface area contributed by atoms with E-state index in [9.17, 15) is 0 Å². The van der Waals surface area contributed by atoms with E-state index in [0.717, 1.165) is 30.1 Å². The fourth-order valence-corrected chi connectivity index (χ4v) is 2.17. The number of furan rings is 1. The maximum atomic E-state index is 5.35. The standard InChI is InChI=1S/C14H17N5O/c1-10(5-6-12-4-3-7-20-12)17-13-8-11(2)18-14-15-9-16-19(13)14/h3-4,7-10,17H,5-6H2,1-2H3/t10-/m1/s1. The summed E-state index contributed by atoms with van der Waals surface area (Å²) in [4.78, 5) is 8.44. The first-order chi connectivity index (χ1) is 9.72. The summed E-state index contributed by atoms with van der Waals surface area (Å²) in [6, 6.07) is 6.19. The molecule has 0 aliphatic heterocycles. The Morgan fingerprint density at radius 3 is 3.15 bits per heavy atom. The number of fused-ring (bicyclic) bond motifs is 1. The molecule has 1 N–H and O–H groups in total. The third-order valence-electron chi connectivity index (χ3n) is 3.18. The second-order valence-electron chi connectivity index (χ2n) is 4.92. The molecule has 3 aromatic rings. The summed E-state index contributed by atoms with van der Waals surface area (Å²) in [5.41, 5.74) is 0.922. The Hall–Kier alpha value is -2.37. The van der Waals surface area contributed by atoms with Crippen LogP contribution in [-0.2, 0) is 6.42 Å². The smallest absolute Gasteiger partial charge is 0.254 e. The fourth-order valence-electron chi connectivity index (χ4n) is 2.17. The number of hydrogen-bond donors (Lipinski definition) is 1. The topological polar surface area (TPSA) is 68.2 Å². The molecule has 104 valence electrons. The minimum atomic E-state index is 0.300. The summed E-state index contributed by atoms with van der Waals surface area (Å²) in [5.74, 6) is 2.54. The van der Waals surface area contributed by atoms with E-state index in [-0.39, 0.29) is 0 Å². The predicted molar refractivity (Wildman–Crippen MR) is 75.6 cm³/mol. The van der Waals surface area contributed by atoms with Crippen molar-refractivity contribution < 1.29 is 4.42 Å². The van der Waals surface area contributed by atoms with Crippen LogP contribution >= 0.6 is 0 Å². The lowest BCUT2D eigenvalue weighted by molar-refractivity contribution is 0.494. The van der Waals surface area contributed by atoms with Crippen molar-refractivity contribution in [1.82, 2.24) is 19.6 Å². The molecule has 6 heteroatoms. The third-order valence-corrected chi connectivity index (χ3v) is 3.18. The van der Waals surface area contributed by atoms with E-state index in [0.29, 0.717) is 11.8 Å². The van der Waals surface area contributed by atoms with Crippen molar-refractivity contribution in [1.29, 1.82) is 0 Å². The molecule has 0 bridgehead atoms. The Bertz CT molecular complexity index is 689. The highest BCUT2D eigenvalue weighted by Crippen LogP contribution is 2.14. The quantitative estimate of drug-likeness (QED) is 0.772. The summed E-state index contributed by atoms with van der Waals surface area (Å²) in [6.45, 7) is 4.09. The molecule has 20 heavy (non-hydrogen) atoms. The summed E-state index contributed by atoms with van der Waals surface area (Å²) in [5, 5.41) is 7.64. The molecule has 1 atom stereocenters. The van der Waals surface area contributed by atoms with Gasteiger partial charge in [-0.2, -0.15) is 14.6 Å². The van der Waals surface area contributed by atoms with Gasteiger partial charge < -0.3 is 9.73 Å². The number of hydrogen-bond acceptors (Lipinski definition) is 5. The van der Waals surface area contributed by atoms with E-state index >= 15 is 0 Å². The molecule has 0 aliphatic rings. The van der Waals surface area contributed by atoms with Gasteiger partial charge in [0.25, 0.3) is 5.78 Å². The average Bonchev–Trinajstić information content (AvgIpc) is 3.06. The van der Waals surface area contributed by atoms with Crippen molar-refractivity contribution in [2.75, 3.05) is 5.32 Å². The van der Waals surface area contributed by atoms with Gasteiger partial charge in [-0.05, 0) is 32.4 Å². The van der Waals surface area contributed by atoms with Gasteiger partial charge in [0.1, 0.15) is 17.9 Å². The van der Waals surface area contributed by atoms with Crippen LogP contribution in [0.4, 0.5) is 5.82 Å². The molecule has 0 amide bonds. The molecule has 0 radical (unpaired) electrons. The highest BCUT2D eigenvalue weighted by Gasteiger charge is 2.09. The van der Waals surface area contributed by atoms with Gasteiger partial charge in [0, 0.05) is 24.2 Å². The molecular weight excluding hydrogens is 254 g/mol. The van der Waals surface area contributed by atoms with Crippen molar-refractivity contribution in [3.63, 3.8) is 0 Å². The Balaban J connectivity index is 1.70. The molecule has 3 aromatic heterocycles. The Kier molecular flexibility index (Phi) is 3.37. The second kappa shape index (κ2) is 5.32. The van der Waals surface area contributed by atoms with Crippen molar-refractivity contribution in [2.24, 2.45) is 0 Å². The van der Waals surface area contributed by atoms with Gasteiger partial charge >= 0.3 is 0 Å². The molecule has 0 aliphatic carbocycles. The maximum absolute atomic E-state index is 5.35. The number of rotatable bonds is 5. The second-order valence-corrected chi connectivity index (χ2v) is 4.92. The van der Waals surface area contributed by atoms with Crippen LogP contribution in [0.3, 0.4) is 0 Å². The largest absolute Gasteiger partial charge is 0.469 e. The minimum absolute atomic E-state index is 0.300. The molecule has 0 saturated heterocycles. The molecule has 0 fully saturated rings. The molecule has 3 heterocycles. The molecule has 0 aromatic carbocycles. The minimum Gasteiger partial charge on any atom is -0.469 e. The van der Waals surface area contributed by atoms with Gasteiger partial charge in [0.2, 0.25) is 0 Å². The monoisotopic (exact) mass is 271 g/mol. The SMILES string of the molecule is Cc1cc(N[C@H](C)CCc2ccco2)n2ncnc2n1. The molecule has 6 nitrogen and oxygen atoms in total. The summed E-state index contributed by atoms with van der Waals surface area (Å²) >= 11 is 0. The number of nitrogens with one attached hydrogen (secondary N) is 1. The van der Waals surface area contributed by atoms with E-state index < -0.39 is 0 Å². The zero-order valence-corrected chi connectivity index (χ0v) is 11.6. The lowest BCUT2D eigenvalue weighted by atomic mass is 10.1. The first kappa shape index (κ1) is 12.7. The van der Waals surface area contributed by atoms with Crippen LogP contribution in [0, 0.1) is 6.92 Å². The third kappa shape index (κ3) is 2.64. The van der Waals surface area contributed by atoms with Crippen LogP contribution in [0.2, 0.25) is 0 Å². The normalized spacial score (nSPS) is 12.7. The molecule has 0 unspecified atom stereocenters. The van der Waals surface area contributed by atoms with Gasteiger partial charge in [0.05, 0.1) is 6.26 Å². The highest BCUT2D eigenvalue weighted by atomic mass is 16.3. The van der Waals surface area contributed by atoms with Crippen LogP contribution in [0.25, 0.3) is 5.78 Å². The average molecular weight is 271 g/mol. The van der Waals surface area contributed by atoms with Crippen molar-refractivity contribution in [3.05, 3.63) is 42.2 Å². The zero-order valence-electron chi connectivity index (χ0n) is 11.6. The summed E-state index contributed by atoms with van der Waals surface area (Å²) in [7, 11) is 0. The van der Waals surface area contributed by atoms with Crippen molar-refractivity contribution in [2.45, 2.75) is 32.7 Å². The first-order valence-electron chi connectivity index (χ1n) is 6.68. The zero-order chi connectivity index (χ0) is 13.9. The Morgan fingerprint density at radius 2 is 2.35 bits per heavy atom. The van der Waals surface area contributed by atoms with Gasteiger partial charge in [0.15, 0.2) is 0 Å². The van der Waals surface area contributed by atoms with Crippen LogP contribution in [0.15, 0.2) is 35.2 Å². The fraction of sp³-hybridized carbons (Fsp3) is 0.357. The molecule has 0 saturated carbocycles. The van der Waals surface area contributed by atoms with E-state index in [2.05, 4.69) is 27.3 Å². The van der Waals surface area contributed by atoms with E-state index in [1.807, 2.05) is 25.1 Å². The number of aromatic nitrogens is 4. The van der Waals surface area contributed by atoms with E-state index in [4.69, 9.17) is 4.42 Å². The van der Waals surface area contributed by atoms with Gasteiger partial charge in [-0.15, -0.1) is 0 Å². The molecule has 0 spiro atoms. The van der Waals surface area contributed by atoms with Crippen LogP contribution in [0.1, 0.15) is 24.8 Å². The van der Waals surface area contributed by atoms with Crippen LogP contribution in [-0.4, -0.2) is 25.6 Å². The van der Waals surface area contributed by atoms with Crippen molar-refractivity contribution >= 4 is 11.6 Å². The Morgan fingerprint density at radius 1 is 1.45 bits per heavy atom. The van der Waals surface area contributed by atoms with Gasteiger partial charge in [-0.1, -0.05) is 0 Å². The number of aryl methyl sites for hydroxylation is 2. The van der Waals surface area contributed by atoms with Gasteiger partial charge in [-0.25, -0.2) is 4.98 Å². The summed E-state index contributed by atoms with van der Waals surface area (Å²) in [6.07, 6.45) is 5.11. The van der Waals surface area contributed by atoms with Crippen LogP contribution < -0.4 is 5.32 Å². The highest BCUT2D eigenvalue weighted by molar-refractivity contribution is 5.45. The lowest BCUT2D eigenvalue weighted by Gasteiger charge is -2.15. The van der Waals surface area contributed by atoms with Crippen LogP contribution in [0.5, 0.6) is 0 Å². The predicted octanol–water partition coefficient (Wildman–Crippen LogP) is 2.46. The maximum Gasteiger partial charge on any atom is 0.254 e. The molecule has 3 rings (SSSR count). The van der Waals surface area contributed by atoms with E-state index in [1.165, 1.54) is 6.33 Å². The number of anilines is 1. The Labute approximate surface area is 116 Å².